The van der Waals surface area contributed by atoms with E-state index < -0.39 is 11.8 Å². The number of fused-ring (bicyclic) bond motifs is 1. The van der Waals surface area contributed by atoms with E-state index in [1.54, 1.807) is 30.3 Å². The van der Waals surface area contributed by atoms with E-state index in [1.807, 2.05) is 12.1 Å². The van der Waals surface area contributed by atoms with E-state index >= 15 is 0 Å². The third-order valence-corrected chi connectivity index (χ3v) is 3.82. The number of rotatable bonds is 4. The number of amides is 2. The highest BCUT2D eigenvalue weighted by Crippen LogP contribution is 2.34. The van der Waals surface area contributed by atoms with Crippen molar-refractivity contribution in [2.75, 3.05) is 17.4 Å². The third kappa shape index (κ3) is 3.81. The molecule has 2 N–H and O–H groups in total. The molecular weight excluding hydrogens is 364 g/mol. The number of para-hydroxylation sites is 1. The minimum atomic E-state index is -0.409. The van der Waals surface area contributed by atoms with Gasteiger partial charge in [-0.2, -0.15) is 0 Å². The Balaban J connectivity index is 1.57. The monoisotopic (exact) mass is 376 g/mol. The van der Waals surface area contributed by atoms with E-state index in [-0.39, 0.29) is 13.2 Å². The van der Waals surface area contributed by atoms with Crippen LogP contribution in [-0.4, -0.2) is 18.6 Å². The van der Waals surface area contributed by atoms with Gasteiger partial charge in [0.05, 0.1) is 5.69 Å². The molecule has 0 fully saturated rings. The predicted molar refractivity (Wildman–Crippen MR) is 88.6 cm³/mol. The van der Waals surface area contributed by atoms with Gasteiger partial charge in [-0.1, -0.05) is 12.1 Å². The summed E-state index contributed by atoms with van der Waals surface area (Å²) >= 11 is 3.33. The molecule has 7 heteroatoms. The average Bonchev–Trinajstić information content (AvgIpc) is 2.97. The van der Waals surface area contributed by atoms with Crippen LogP contribution in [0, 0.1) is 0 Å². The lowest BCUT2D eigenvalue weighted by molar-refractivity contribution is -0.123. The first-order chi connectivity index (χ1) is 11.1. The summed E-state index contributed by atoms with van der Waals surface area (Å²) in [5, 5.41) is 5.33. The molecule has 0 atom stereocenters. The van der Waals surface area contributed by atoms with Gasteiger partial charge in [-0.05, 0) is 40.2 Å². The van der Waals surface area contributed by atoms with Crippen molar-refractivity contribution in [1.82, 2.24) is 0 Å². The molecule has 1 heterocycles. The molecule has 0 bridgehead atoms. The van der Waals surface area contributed by atoms with Gasteiger partial charge in [0.15, 0.2) is 11.5 Å². The Kier molecular flexibility index (Phi) is 4.47. The van der Waals surface area contributed by atoms with Crippen LogP contribution in [0.15, 0.2) is 46.9 Å². The van der Waals surface area contributed by atoms with Gasteiger partial charge in [-0.25, -0.2) is 0 Å². The highest BCUT2D eigenvalue weighted by molar-refractivity contribution is 9.10. The Hall–Kier alpha value is -2.54. The number of anilines is 2. The van der Waals surface area contributed by atoms with Crippen LogP contribution in [0.1, 0.15) is 6.42 Å². The number of carbonyl (C=O) groups is 2. The molecule has 0 saturated carbocycles. The highest BCUT2D eigenvalue weighted by atomic mass is 79.9. The molecule has 1 aliphatic rings. The Labute approximate surface area is 140 Å². The molecule has 2 amide bonds. The van der Waals surface area contributed by atoms with Crippen molar-refractivity contribution >= 4 is 39.1 Å². The predicted octanol–water partition coefficient (Wildman–Crippen LogP) is 3.15. The second-order valence-electron chi connectivity index (χ2n) is 4.82. The first-order valence-electron chi connectivity index (χ1n) is 6.86. The van der Waals surface area contributed by atoms with Crippen LogP contribution in [0.3, 0.4) is 0 Å². The number of halogens is 1. The molecule has 23 heavy (non-hydrogen) atoms. The Morgan fingerprint density at radius 2 is 1.74 bits per heavy atom. The van der Waals surface area contributed by atoms with Crippen molar-refractivity contribution in [2.24, 2.45) is 0 Å². The lowest BCUT2D eigenvalue weighted by Crippen LogP contribution is -2.21. The van der Waals surface area contributed by atoms with Gasteiger partial charge >= 0.3 is 0 Å². The van der Waals surface area contributed by atoms with Crippen molar-refractivity contribution in [3.8, 4) is 11.5 Å². The van der Waals surface area contributed by atoms with E-state index in [2.05, 4.69) is 26.6 Å². The second-order valence-corrected chi connectivity index (χ2v) is 5.68. The van der Waals surface area contributed by atoms with Crippen LogP contribution in [0.4, 0.5) is 11.4 Å². The molecule has 0 aliphatic carbocycles. The highest BCUT2D eigenvalue weighted by Gasteiger charge is 2.15. The van der Waals surface area contributed by atoms with Gasteiger partial charge in [0.2, 0.25) is 18.6 Å². The van der Waals surface area contributed by atoms with Crippen molar-refractivity contribution in [3.05, 3.63) is 46.9 Å². The minimum Gasteiger partial charge on any atom is -0.454 e. The first-order valence-corrected chi connectivity index (χ1v) is 7.65. The Morgan fingerprint density at radius 3 is 2.57 bits per heavy atom. The van der Waals surface area contributed by atoms with E-state index in [4.69, 9.17) is 9.47 Å². The van der Waals surface area contributed by atoms with Crippen molar-refractivity contribution < 1.29 is 19.1 Å². The standard InChI is InChI=1S/C16H13BrN2O4/c17-11-3-1-2-4-12(11)19-16(21)8-15(20)18-10-5-6-13-14(7-10)23-9-22-13/h1-7H,8-9H2,(H,18,20)(H,19,21). The number of nitrogens with one attached hydrogen (secondary N) is 2. The fraction of sp³-hybridized carbons (Fsp3) is 0.125. The van der Waals surface area contributed by atoms with Crippen LogP contribution in [0.2, 0.25) is 0 Å². The van der Waals surface area contributed by atoms with Gasteiger partial charge in [0, 0.05) is 16.2 Å². The number of hydrogen-bond donors (Lipinski definition) is 2. The molecule has 2 aromatic rings. The van der Waals surface area contributed by atoms with E-state index in [0.29, 0.717) is 22.9 Å². The third-order valence-electron chi connectivity index (χ3n) is 3.13. The van der Waals surface area contributed by atoms with Gasteiger partial charge in [0.25, 0.3) is 0 Å². The van der Waals surface area contributed by atoms with E-state index in [0.717, 1.165) is 4.47 Å². The molecular formula is C16H13BrN2O4. The van der Waals surface area contributed by atoms with Crippen LogP contribution in [0.5, 0.6) is 11.5 Å². The normalized spacial score (nSPS) is 11.9. The topological polar surface area (TPSA) is 76.7 Å². The summed E-state index contributed by atoms with van der Waals surface area (Å²) in [4.78, 5) is 23.9. The molecule has 0 saturated heterocycles. The van der Waals surface area contributed by atoms with E-state index in [9.17, 15) is 9.59 Å². The maximum atomic E-state index is 11.9. The maximum absolute atomic E-state index is 11.9. The minimum absolute atomic E-state index is 0.168. The SMILES string of the molecule is O=C(CC(=O)Nc1ccccc1Br)Nc1ccc2c(c1)OCO2. The molecule has 118 valence electrons. The fourth-order valence-corrected chi connectivity index (χ4v) is 2.47. The number of benzene rings is 2. The molecule has 1 aliphatic heterocycles. The van der Waals surface area contributed by atoms with Crippen molar-refractivity contribution in [2.45, 2.75) is 6.42 Å². The molecule has 0 spiro atoms. The number of carbonyl (C=O) groups excluding carboxylic acids is 2. The smallest absolute Gasteiger partial charge is 0.233 e. The van der Waals surface area contributed by atoms with Crippen LogP contribution >= 0.6 is 15.9 Å². The summed E-state index contributed by atoms with van der Waals surface area (Å²) in [7, 11) is 0. The Bertz CT molecular complexity index is 763. The van der Waals surface area contributed by atoms with E-state index in [1.165, 1.54) is 0 Å². The zero-order valence-corrected chi connectivity index (χ0v) is 13.6. The van der Waals surface area contributed by atoms with Crippen LogP contribution < -0.4 is 20.1 Å². The number of ether oxygens (including phenoxy) is 2. The molecule has 6 nitrogen and oxygen atoms in total. The van der Waals surface area contributed by atoms with Gasteiger partial charge < -0.3 is 20.1 Å². The lowest BCUT2D eigenvalue weighted by Gasteiger charge is -2.08. The quantitative estimate of drug-likeness (QED) is 0.803. The van der Waals surface area contributed by atoms with Gasteiger partial charge in [-0.3, -0.25) is 9.59 Å². The summed E-state index contributed by atoms with van der Waals surface area (Å²) in [6.45, 7) is 0.168. The molecule has 0 unspecified atom stereocenters. The second kappa shape index (κ2) is 6.70. The van der Waals surface area contributed by atoms with Crippen LogP contribution in [0.25, 0.3) is 0 Å². The molecule has 0 radical (unpaired) electrons. The molecule has 3 rings (SSSR count). The van der Waals surface area contributed by atoms with Crippen molar-refractivity contribution in [3.63, 3.8) is 0 Å². The van der Waals surface area contributed by atoms with Gasteiger partial charge in [-0.15, -0.1) is 0 Å². The molecule has 0 aromatic heterocycles. The largest absolute Gasteiger partial charge is 0.454 e. The van der Waals surface area contributed by atoms with Crippen LogP contribution in [-0.2, 0) is 9.59 Å². The summed E-state index contributed by atoms with van der Waals surface area (Å²) in [6, 6.07) is 12.3. The van der Waals surface area contributed by atoms with Gasteiger partial charge in [0.1, 0.15) is 6.42 Å². The average molecular weight is 377 g/mol. The Morgan fingerprint density at radius 1 is 1.00 bits per heavy atom. The maximum Gasteiger partial charge on any atom is 0.233 e. The zero-order valence-electron chi connectivity index (χ0n) is 12.0. The first kappa shape index (κ1) is 15.4. The van der Waals surface area contributed by atoms with Crippen molar-refractivity contribution in [1.29, 1.82) is 0 Å². The lowest BCUT2D eigenvalue weighted by atomic mass is 10.2. The summed E-state index contributed by atoms with van der Waals surface area (Å²) < 4.78 is 11.2. The summed E-state index contributed by atoms with van der Waals surface area (Å²) in [6.07, 6.45) is -0.282. The molecule has 2 aromatic carbocycles. The number of hydrogen-bond acceptors (Lipinski definition) is 4. The zero-order chi connectivity index (χ0) is 16.2. The fourth-order valence-electron chi connectivity index (χ4n) is 2.08. The summed E-state index contributed by atoms with van der Waals surface area (Å²) in [5.74, 6) is 0.402. The summed E-state index contributed by atoms with van der Waals surface area (Å²) in [5.41, 5.74) is 1.17.